The summed E-state index contributed by atoms with van der Waals surface area (Å²) in [5.41, 5.74) is 0.217. The molecule has 1 atom stereocenters. The van der Waals surface area contributed by atoms with Crippen molar-refractivity contribution in [2.24, 2.45) is 0 Å². The molecule has 1 amide bonds. The maximum atomic E-state index is 12.3. The number of sulfonamides is 1. The predicted octanol–water partition coefficient (Wildman–Crippen LogP) is 2.85. The fraction of sp³-hybridized carbons (Fsp3) is 0.143. The highest BCUT2D eigenvalue weighted by atomic mass is 32.2. The number of nitrogens with zero attached hydrogens (tertiary/aromatic N) is 1. The van der Waals surface area contributed by atoms with E-state index in [1.54, 1.807) is 12.1 Å². The molecule has 0 aliphatic carbocycles. The fourth-order valence-electron chi connectivity index (χ4n) is 2.63. The summed E-state index contributed by atoms with van der Waals surface area (Å²) in [4.78, 5) is 34.6. The van der Waals surface area contributed by atoms with Gasteiger partial charge in [0, 0.05) is 17.8 Å². The molecule has 2 aromatic carbocycles. The Morgan fingerprint density at radius 3 is 2.33 bits per heavy atom. The van der Waals surface area contributed by atoms with E-state index >= 15 is 0 Å². The third-order valence-electron chi connectivity index (χ3n) is 4.42. The Balaban J connectivity index is 1.56. The van der Waals surface area contributed by atoms with Crippen molar-refractivity contribution < 1.29 is 32.1 Å². The first kappa shape index (κ1) is 23.6. The summed E-state index contributed by atoms with van der Waals surface area (Å²) >= 11 is 0. The lowest BCUT2D eigenvalue weighted by molar-refractivity contribution is -0.384. The number of benzene rings is 2. The first-order chi connectivity index (χ1) is 15.7. The molecule has 3 rings (SSSR count). The highest BCUT2D eigenvalue weighted by Crippen LogP contribution is 2.17. The number of hydrogen-bond donors (Lipinski definition) is 2. The SMILES string of the molecule is CC(OC(=O)c1ccc(S(=O)(=O)NCc2ccco2)cc1)C(=O)Nc1ccc([N+](=O)[O-])cc1. The van der Waals surface area contributed by atoms with Gasteiger partial charge in [-0.1, -0.05) is 0 Å². The molecule has 12 heteroatoms. The van der Waals surface area contributed by atoms with E-state index in [1.807, 2.05) is 0 Å². The summed E-state index contributed by atoms with van der Waals surface area (Å²) in [7, 11) is -3.83. The lowest BCUT2D eigenvalue weighted by atomic mass is 10.2. The van der Waals surface area contributed by atoms with Gasteiger partial charge in [-0.05, 0) is 55.5 Å². The second kappa shape index (κ2) is 10.1. The Labute approximate surface area is 188 Å². The first-order valence-corrected chi connectivity index (χ1v) is 11.0. The number of hydrogen-bond acceptors (Lipinski definition) is 8. The molecule has 1 unspecified atom stereocenters. The third-order valence-corrected chi connectivity index (χ3v) is 5.83. The van der Waals surface area contributed by atoms with Gasteiger partial charge in [-0.3, -0.25) is 14.9 Å². The Bertz CT molecular complexity index is 1240. The second-order valence-electron chi connectivity index (χ2n) is 6.77. The molecule has 2 N–H and O–H groups in total. The van der Waals surface area contributed by atoms with E-state index in [1.165, 1.54) is 61.7 Å². The van der Waals surface area contributed by atoms with E-state index in [9.17, 15) is 28.1 Å². The van der Waals surface area contributed by atoms with Crippen molar-refractivity contribution in [3.05, 3.63) is 88.4 Å². The van der Waals surface area contributed by atoms with Crippen LogP contribution < -0.4 is 10.0 Å². The van der Waals surface area contributed by atoms with Crippen molar-refractivity contribution in [1.29, 1.82) is 0 Å². The van der Waals surface area contributed by atoms with Crippen molar-refractivity contribution in [2.75, 3.05) is 5.32 Å². The fourth-order valence-corrected chi connectivity index (χ4v) is 3.62. The first-order valence-electron chi connectivity index (χ1n) is 9.54. The standard InChI is InChI=1S/C21H19N3O8S/c1-14(20(25)23-16-6-8-17(9-7-16)24(27)28)32-21(26)15-4-10-19(11-5-15)33(29,30)22-13-18-3-2-12-31-18/h2-12,14,22H,13H2,1H3,(H,23,25). The largest absolute Gasteiger partial charge is 0.468 e. The second-order valence-corrected chi connectivity index (χ2v) is 8.54. The van der Waals surface area contributed by atoms with Crippen molar-refractivity contribution in [3.63, 3.8) is 0 Å². The molecule has 0 radical (unpaired) electrons. The van der Waals surface area contributed by atoms with Gasteiger partial charge in [0.05, 0.1) is 28.2 Å². The van der Waals surface area contributed by atoms with Gasteiger partial charge >= 0.3 is 5.97 Å². The summed E-state index contributed by atoms with van der Waals surface area (Å²) < 4.78 is 37.3. The van der Waals surface area contributed by atoms with Crippen molar-refractivity contribution >= 4 is 33.3 Å². The van der Waals surface area contributed by atoms with Crippen LogP contribution in [0.1, 0.15) is 23.0 Å². The Hall–Kier alpha value is -4.03. The van der Waals surface area contributed by atoms with Crippen molar-refractivity contribution in [1.82, 2.24) is 4.72 Å². The molecule has 1 aromatic heterocycles. The molecule has 0 bridgehead atoms. The molecular formula is C21H19N3O8S. The molecule has 1 heterocycles. The molecule has 0 fully saturated rings. The number of carbonyl (C=O) groups is 2. The monoisotopic (exact) mass is 473 g/mol. The molecule has 3 aromatic rings. The Morgan fingerprint density at radius 2 is 1.76 bits per heavy atom. The van der Waals surface area contributed by atoms with Gasteiger partial charge < -0.3 is 14.5 Å². The summed E-state index contributed by atoms with van der Waals surface area (Å²) in [6, 6.07) is 13.4. The van der Waals surface area contributed by atoms with Crippen molar-refractivity contribution in [3.8, 4) is 0 Å². The number of nitrogens with one attached hydrogen (secondary N) is 2. The van der Waals surface area contributed by atoms with Crippen LogP contribution in [0.3, 0.4) is 0 Å². The highest BCUT2D eigenvalue weighted by Gasteiger charge is 2.21. The van der Waals surface area contributed by atoms with Crippen LogP contribution in [0.2, 0.25) is 0 Å². The van der Waals surface area contributed by atoms with E-state index in [0.29, 0.717) is 11.4 Å². The lowest BCUT2D eigenvalue weighted by Crippen LogP contribution is -2.30. The van der Waals surface area contributed by atoms with Crippen LogP contribution >= 0.6 is 0 Å². The zero-order chi connectivity index (χ0) is 24.0. The zero-order valence-electron chi connectivity index (χ0n) is 17.3. The average Bonchev–Trinajstić information content (AvgIpc) is 3.32. The topological polar surface area (TPSA) is 158 Å². The van der Waals surface area contributed by atoms with Gasteiger partial charge in [0.15, 0.2) is 6.10 Å². The number of esters is 1. The van der Waals surface area contributed by atoms with Gasteiger partial charge in [-0.25, -0.2) is 17.9 Å². The van der Waals surface area contributed by atoms with E-state index in [2.05, 4.69) is 10.0 Å². The molecule has 0 aliphatic heterocycles. The van der Waals surface area contributed by atoms with E-state index < -0.39 is 32.9 Å². The molecular weight excluding hydrogens is 454 g/mol. The van der Waals surface area contributed by atoms with Gasteiger partial charge in [-0.2, -0.15) is 0 Å². The maximum Gasteiger partial charge on any atom is 0.338 e. The van der Waals surface area contributed by atoms with Gasteiger partial charge in [0.25, 0.3) is 11.6 Å². The van der Waals surface area contributed by atoms with Gasteiger partial charge in [0.2, 0.25) is 10.0 Å². The number of carbonyl (C=O) groups excluding carboxylic acids is 2. The third kappa shape index (κ3) is 6.24. The summed E-state index contributed by atoms with van der Waals surface area (Å²) in [6.07, 6.45) is 0.253. The number of non-ortho nitro benzene ring substituents is 1. The molecule has 11 nitrogen and oxygen atoms in total. The van der Waals surface area contributed by atoms with Crippen molar-refractivity contribution in [2.45, 2.75) is 24.5 Å². The minimum atomic E-state index is -3.83. The Morgan fingerprint density at radius 1 is 1.09 bits per heavy atom. The number of ether oxygens (including phenoxy) is 1. The van der Waals surface area contributed by atoms with E-state index in [-0.39, 0.29) is 22.7 Å². The van der Waals surface area contributed by atoms with E-state index in [4.69, 9.17) is 9.15 Å². The molecule has 0 spiro atoms. The molecule has 0 aliphatic rings. The van der Waals surface area contributed by atoms with Crippen LogP contribution in [0.25, 0.3) is 0 Å². The number of nitro groups is 1. The quantitative estimate of drug-likeness (QED) is 0.273. The lowest BCUT2D eigenvalue weighted by Gasteiger charge is -2.14. The van der Waals surface area contributed by atoms with Crippen LogP contribution in [0.15, 0.2) is 76.2 Å². The smallest absolute Gasteiger partial charge is 0.338 e. The number of nitro benzene ring substituents is 1. The number of furan rings is 1. The number of amides is 1. The minimum Gasteiger partial charge on any atom is -0.468 e. The summed E-state index contributed by atoms with van der Waals surface area (Å²) in [6.45, 7) is 1.33. The summed E-state index contributed by atoms with van der Waals surface area (Å²) in [5.74, 6) is -1.02. The van der Waals surface area contributed by atoms with Gasteiger partial charge in [-0.15, -0.1) is 0 Å². The molecule has 33 heavy (non-hydrogen) atoms. The van der Waals surface area contributed by atoms with Crippen LogP contribution in [0.4, 0.5) is 11.4 Å². The zero-order valence-corrected chi connectivity index (χ0v) is 18.1. The normalized spacial score (nSPS) is 12.0. The molecule has 0 saturated carbocycles. The molecule has 0 saturated heterocycles. The predicted molar refractivity (Wildman–Crippen MR) is 116 cm³/mol. The Kier molecular flexibility index (Phi) is 7.20. The van der Waals surface area contributed by atoms with Crippen LogP contribution in [-0.2, 0) is 26.1 Å². The van der Waals surface area contributed by atoms with Crippen LogP contribution in [0, 0.1) is 10.1 Å². The average molecular weight is 473 g/mol. The number of anilines is 1. The molecule has 172 valence electrons. The van der Waals surface area contributed by atoms with E-state index in [0.717, 1.165) is 0 Å². The number of rotatable bonds is 9. The minimum absolute atomic E-state index is 0.0273. The van der Waals surface area contributed by atoms with Crippen LogP contribution in [0.5, 0.6) is 0 Å². The maximum absolute atomic E-state index is 12.3. The summed E-state index contributed by atoms with van der Waals surface area (Å²) in [5, 5.41) is 13.2. The van der Waals surface area contributed by atoms with Gasteiger partial charge in [0.1, 0.15) is 5.76 Å². The highest BCUT2D eigenvalue weighted by molar-refractivity contribution is 7.89. The van der Waals surface area contributed by atoms with Crippen LogP contribution in [-0.4, -0.2) is 31.3 Å².